The Bertz CT molecular complexity index is 496. The van der Waals surface area contributed by atoms with E-state index in [0.717, 1.165) is 32.2 Å². The maximum atomic E-state index is 10.0. The molecule has 0 bridgehead atoms. The summed E-state index contributed by atoms with van der Waals surface area (Å²) in [4.78, 5) is 4.05. The van der Waals surface area contributed by atoms with E-state index in [1.165, 1.54) is 37.7 Å². The summed E-state index contributed by atoms with van der Waals surface area (Å²) in [6.07, 6.45) is 15.9. The van der Waals surface area contributed by atoms with Gasteiger partial charge in [-0.3, -0.25) is 0 Å². The van der Waals surface area contributed by atoms with E-state index in [0.29, 0.717) is 0 Å². The number of hydrogen-bond donors (Lipinski definition) is 1. The Hall–Kier alpha value is -1.61. The predicted molar refractivity (Wildman–Crippen MR) is 95.3 cm³/mol. The lowest BCUT2D eigenvalue weighted by Crippen LogP contribution is -2.07. The van der Waals surface area contributed by atoms with E-state index in [4.69, 9.17) is 0 Å². The van der Waals surface area contributed by atoms with Crippen molar-refractivity contribution in [3.05, 3.63) is 54.6 Å². The van der Waals surface area contributed by atoms with Crippen molar-refractivity contribution in [2.24, 2.45) is 0 Å². The van der Waals surface area contributed by atoms with Crippen LogP contribution in [0.3, 0.4) is 0 Å². The number of nitrogens with zero attached hydrogens (tertiary/aromatic N) is 2. The molecule has 0 radical (unpaired) electrons. The molecule has 0 amide bonds. The minimum atomic E-state index is -0.142. The Morgan fingerprint density at radius 1 is 0.913 bits per heavy atom. The lowest BCUT2D eigenvalue weighted by atomic mass is 10.0. The zero-order chi connectivity index (χ0) is 16.2. The molecule has 3 heteroatoms. The van der Waals surface area contributed by atoms with Crippen LogP contribution < -0.4 is 0 Å². The zero-order valence-corrected chi connectivity index (χ0v) is 14.1. The van der Waals surface area contributed by atoms with Gasteiger partial charge < -0.3 is 9.67 Å². The van der Waals surface area contributed by atoms with Gasteiger partial charge in [-0.05, 0) is 31.2 Å². The molecule has 1 atom stereocenters. The monoisotopic (exact) mass is 314 g/mol. The molecule has 1 aromatic carbocycles. The molecule has 0 aliphatic heterocycles. The molecule has 0 spiro atoms. The summed E-state index contributed by atoms with van der Waals surface area (Å²) >= 11 is 0. The predicted octanol–water partition coefficient (Wildman–Crippen LogP) is 4.61. The van der Waals surface area contributed by atoms with Gasteiger partial charge in [0.1, 0.15) is 0 Å². The van der Waals surface area contributed by atoms with Gasteiger partial charge in [-0.2, -0.15) is 0 Å². The van der Waals surface area contributed by atoms with Crippen LogP contribution in [0.4, 0.5) is 0 Å². The van der Waals surface area contributed by atoms with E-state index in [1.54, 1.807) is 0 Å². The van der Waals surface area contributed by atoms with Gasteiger partial charge in [0.25, 0.3) is 0 Å². The molecule has 2 rings (SSSR count). The Kier molecular flexibility index (Phi) is 8.49. The van der Waals surface area contributed by atoms with Gasteiger partial charge in [-0.25, -0.2) is 4.98 Å². The molecular formula is C20H30N2O. The molecule has 2 aromatic rings. The SMILES string of the molecule is OC(CCCCCCCCn1ccnc1)CCc1ccccc1. The van der Waals surface area contributed by atoms with Crippen molar-refractivity contribution < 1.29 is 5.11 Å². The first-order chi connectivity index (χ1) is 11.3. The summed E-state index contributed by atoms with van der Waals surface area (Å²) in [7, 11) is 0. The third-order valence-electron chi connectivity index (χ3n) is 4.37. The number of aliphatic hydroxyl groups is 1. The van der Waals surface area contributed by atoms with E-state index in [1.807, 2.05) is 24.8 Å². The number of benzene rings is 1. The highest BCUT2D eigenvalue weighted by Crippen LogP contribution is 2.13. The standard InChI is InChI=1S/C20H30N2O/c23-20(14-13-19-10-6-5-7-11-19)12-8-3-1-2-4-9-16-22-17-15-21-18-22/h5-7,10-11,15,17-18,20,23H,1-4,8-9,12-14,16H2. The van der Waals surface area contributed by atoms with Crippen LogP contribution in [-0.4, -0.2) is 20.8 Å². The van der Waals surface area contributed by atoms with Gasteiger partial charge >= 0.3 is 0 Å². The lowest BCUT2D eigenvalue weighted by Gasteiger charge is -2.10. The minimum absolute atomic E-state index is 0.142. The highest BCUT2D eigenvalue weighted by molar-refractivity contribution is 5.14. The summed E-state index contributed by atoms with van der Waals surface area (Å²) in [5, 5.41) is 10.0. The molecular weight excluding hydrogens is 284 g/mol. The number of hydrogen-bond acceptors (Lipinski definition) is 2. The van der Waals surface area contributed by atoms with Crippen molar-refractivity contribution >= 4 is 0 Å². The molecule has 1 N–H and O–H groups in total. The number of unbranched alkanes of at least 4 members (excludes halogenated alkanes) is 5. The number of aromatic nitrogens is 2. The smallest absolute Gasteiger partial charge is 0.0945 e. The number of rotatable bonds is 12. The quantitative estimate of drug-likeness (QED) is 0.581. The third-order valence-corrected chi connectivity index (χ3v) is 4.37. The number of aliphatic hydroxyl groups excluding tert-OH is 1. The normalized spacial score (nSPS) is 12.4. The van der Waals surface area contributed by atoms with Crippen molar-refractivity contribution in [3.8, 4) is 0 Å². The average Bonchev–Trinajstić information content (AvgIpc) is 3.10. The van der Waals surface area contributed by atoms with Gasteiger partial charge in [0.2, 0.25) is 0 Å². The van der Waals surface area contributed by atoms with E-state index >= 15 is 0 Å². The first-order valence-electron chi connectivity index (χ1n) is 9.02. The number of aryl methyl sites for hydroxylation is 2. The van der Waals surface area contributed by atoms with Gasteiger partial charge in [0, 0.05) is 18.9 Å². The van der Waals surface area contributed by atoms with Crippen molar-refractivity contribution in [1.29, 1.82) is 0 Å². The molecule has 1 heterocycles. The van der Waals surface area contributed by atoms with Crippen molar-refractivity contribution in [2.75, 3.05) is 0 Å². The van der Waals surface area contributed by atoms with Gasteiger partial charge in [0.05, 0.1) is 12.4 Å². The molecule has 0 aliphatic carbocycles. The van der Waals surface area contributed by atoms with Crippen LogP contribution in [0.5, 0.6) is 0 Å². The molecule has 0 fully saturated rings. The van der Waals surface area contributed by atoms with Gasteiger partial charge in [-0.15, -0.1) is 0 Å². The van der Waals surface area contributed by atoms with Crippen LogP contribution in [0.25, 0.3) is 0 Å². The van der Waals surface area contributed by atoms with Crippen LogP contribution in [0.1, 0.15) is 56.9 Å². The second-order valence-electron chi connectivity index (χ2n) is 6.39. The van der Waals surface area contributed by atoms with Crippen LogP contribution >= 0.6 is 0 Å². The summed E-state index contributed by atoms with van der Waals surface area (Å²) in [5.41, 5.74) is 1.32. The summed E-state index contributed by atoms with van der Waals surface area (Å²) in [6.45, 7) is 1.08. The maximum absolute atomic E-state index is 10.0. The molecule has 1 aromatic heterocycles. The van der Waals surface area contributed by atoms with Crippen LogP contribution in [-0.2, 0) is 13.0 Å². The fourth-order valence-corrected chi connectivity index (χ4v) is 2.92. The minimum Gasteiger partial charge on any atom is -0.393 e. The zero-order valence-electron chi connectivity index (χ0n) is 14.1. The first-order valence-corrected chi connectivity index (χ1v) is 9.02. The largest absolute Gasteiger partial charge is 0.393 e. The second-order valence-corrected chi connectivity index (χ2v) is 6.39. The molecule has 0 aliphatic rings. The van der Waals surface area contributed by atoms with Crippen LogP contribution in [0.2, 0.25) is 0 Å². The Labute approximate surface area is 140 Å². The van der Waals surface area contributed by atoms with Crippen LogP contribution in [0.15, 0.2) is 49.1 Å². The average molecular weight is 314 g/mol. The maximum Gasteiger partial charge on any atom is 0.0945 e. The molecule has 0 saturated carbocycles. The van der Waals surface area contributed by atoms with Gasteiger partial charge in [-0.1, -0.05) is 62.4 Å². The van der Waals surface area contributed by atoms with E-state index < -0.39 is 0 Å². The van der Waals surface area contributed by atoms with E-state index in [9.17, 15) is 5.11 Å². The van der Waals surface area contributed by atoms with Crippen LogP contribution in [0, 0.1) is 0 Å². The van der Waals surface area contributed by atoms with E-state index in [2.05, 4.69) is 33.8 Å². The van der Waals surface area contributed by atoms with Crippen molar-refractivity contribution in [2.45, 2.75) is 70.4 Å². The third kappa shape index (κ3) is 7.98. The topological polar surface area (TPSA) is 38.0 Å². The molecule has 0 saturated heterocycles. The highest BCUT2D eigenvalue weighted by atomic mass is 16.3. The first kappa shape index (κ1) is 17.7. The fourth-order valence-electron chi connectivity index (χ4n) is 2.92. The Morgan fingerprint density at radius 2 is 1.65 bits per heavy atom. The Balaban J connectivity index is 1.39. The van der Waals surface area contributed by atoms with Crippen molar-refractivity contribution in [1.82, 2.24) is 9.55 Å². The van der Waals surface area contributed by atoms with Gasteiger partial charge in [0.15, 0.2) is 0 Å². The molecule has 126 valence electrons. The second kappa shape index (κ2) is 11.0. The summed E-state index contributed by atoms with van der Waals surface area (Å²) in [5.74, 6) is 0. The lowest BCUT2D eigenvalue weighted by molar-refractivity contribution is 0.151. The summed E-state index contributed by atoms with van der Waals surface area (Å²) < 4.78 is 2.14. The molecule has 1 unspecified atom stereocenters. The number of imidazole rings is 1. The molecule has 23 heavy (non-hydrogen) atoms. The summed E-state index contributed by atoms with van der Waals surface area (Å²) in [6, 6.07) is 10.4. The highest BCUT2D eigenvalue weighted by Gasteiger charge is 2.04. The molecule has 3 nitrogen and oxygen atoms in total. The van der Waals surface area contributed by atoms with Crippen molar-refractivity contribution in [3.63, 3.8) is 0 Å². The van der Waals surface area contributed by atoms with E-state index in [-0.39, 0.29) is 6.10 Å². The fraction of sp³-hybridized carbons (Fsp3) is 0.550. The Morgan fingerprint density at radius 3 is 2.39 bits per heavy atom.